The lowest BCUT2D eigenvalue weighted by molar-refractivity contribution is 0.403. The highest BCUT2D eigenvalue weighted by Crippen LogP contribution is 2.22. The van der Waals surface area contributed by atoms with E-state index < -0.39 is 0 Å². The first kappa shape index (κ1) is 12.3. The molecule has 5 nitrogen and oxygen atoms in total. The SMILES string of the molecule is CCNC(Cc1cn(C)nn1)c1ccc(Br)o1. The van der Waals surface area contributed by atoms with Crippen molar-refractivity contribution in [3.63, 3.8) is 0 Å². The Morgan fingerprint density at radius 3 is 2.88 bits per heavy atom. The van der Waals surface area contributed by atoms with Gasteiger partial charge in [0.05, 0.1) is 11.7 Å². The summed E-state index contributed by atoms with van der Waals surface area (Å²) in [4.78, 5) is 0. The molecule has 0 aliphatic rings. The van der Waals surface area contributed by atoms with Gasteiger partial charge in [-0.15, -0.1) is 5.10 Å². The molecular weight excluding hydrogens is 284 g/mol. The summed E-state index contributed by atoms with van der Waals surface area (Å²) in [6.07, 6.45) is 2.68. The number of likely N-dealkylation sites (N-methyl/N-ethyl adjacent to an activating group) is 1. The van der Waals surface area contributed by atoms with E-state index in [0.29, 0.717) is 0 Å². The molecule has 2 aromatic heterocycles. The molecule has 2 aromatic rings. The van der Waals surface area contributed by atoms with Crippen LogP contribution in [0.4, 0.5) is 0 Å². The summed E-state index contributed by atoms with van der Waals surface area (Å²) >= 11 is 3.31. The Bertz CT molecular complexity index is 479. The first-order chi connectivity index (χ1) is 8.19. The zero-order valence-corrected chi connectivity index (χ0v) is 11.4. The topological polar surface area (TPSA) is 55.9 Å². The molecule has 1 N–H and O–H groups in total. The molecular formula is C11H15BrN4O. The van der Waals surface area contributed by atoms with E-state index in [-0.39, 0.29) is 6.04 Å². The van der Waals surface area contributed by atoms with Crippen LogP contribution in [-0.2, 0) is 13.5 Å². The van der Waals surface area contributed by atoms with Crippen molar-refractivity contribution in [1.29, 1.82) is 0 Å². The van der Waals surface area contributed by atoms with E-state index in [1.54, 1.807) is 4.68 Å². The summed E-state index contributed by atoms with van der Waals surface area (Å²) in [5, 5.41) is 11.4. The van der Waals surface area contributed by atoms with Crippen LogP contribution in [0.1, 0.15) is 24.4 Å². The highest BCUT2D eigenvalue weighted by atomic mass is 79.9. The summed E-state index contributed by atoms with van der Waals surface area (Å²) in [7, 11) is 1.86. The van der Waals surface area contributed by atoms with Gasteiger partial charge in [-0.05, 0) is 34.6 Å². The van der Waals surface area contributed by atoms with E-state index >= 15 is 0 Å². The van der Waals surface area contributed by atoms with E-state index in [1.807, 2.05) is 25.4 Å². The predicted octanol–water partition coefficient (Wildman–Crippen LogP) is 2.06. The molecule has 6 heteroatoms. The molecule has 0 saturated heterocycles. The first-order valence-corrected chi connectivity index (χ1v) is 6.32. The smallest absolute Gasteiger partial charge is 0.169 e. The van der Waals surface area contributed by atoms with Gasteiger partial charge in [-0.3, -0.25) is 4.68 Å². The third-order valence-electron chi connectivity index (χ3n) is 2.45. The van der Waals surface area contributed by atoms with Crippen molar-refractivity contribution in [2.75, 3.05) is 6.54 Å². The molecule has 2 heterocycles. The van der Waals surface area contributed by atoms with Crippen molar-refractivity contribution in [1.82, 2.24) is 20.3 Å². The number of nitrogens with one attached hydrogen (secondary N) is 1. The molecule has 92 valence electrons. The monoisotopic (exact) mass is 298 g/mol. The predicted molar refractivity (Wildman–Crippen MR) is 67.5 cm³/mol. The molecule has 0 radical (unpaired) electrons. The summed E-state index contributed by atoms with van der Waals surface area (Å²) in [6, 6.07) is 3.99. The average Bonchev–Trinajstić information content (AvgIpc) is 2.87. The van der Waals surface area contributed by atoms with E-state index in [4.69, 9.17) is 4.42 Å². The highest BCUT2D eigenvalue weighted by molar-refractivity contribution is 9.10. The van der Waals surface area contributed by atoms with E-state index in [2.05, 4.69) is 38.5 Å². The number of nitrogens with zero attached hydrogens (tertiary/aromatic N) is 3. The normalized spacial score (nSPS) is 12.9. The molecule has 17 heavy (non-hydrogen) atoms. The molecule has 0 fully saturated rings. The lowest BCUT2D eigenvalue weighted by Crippen LogP contribution is -2.22. The van der Waals surface area contributed by atoms with Crippen LogP contribution in [0.25, 0.3) is 0 Å². The summed E-state index contributed by atoms with van der Waals surface area (Å²) in [5.41, 5.74) is 0.950. The van der Waals surface area contributed by atoms with Crippen LogP contribution >= 0.6 is 15.9 Å². The maximum absolute atomic E-state index is 5.58. The van der Waals surface area contributed by atoms with Crippen molar-refractivity contribution in [2.24, 2.45) is 7.05 Å². The molecule has 0 amide bonds. The van der Waals surface area contributed by atoms with E-state index in [9.17, 15) is 0 Å². The number of hydrogen-bond acceptors (Lipinski definition) is 4. The molecule has 0 bridgehead atoms. The zero-order chi connectivity index (χ0) is 12.3. The minimum Gasteiger partial charge on any atom is -0.453 e. The van der Waals surface area contributed by atoms with E-state index in [0.717, 1.165) is 29.1 Å². The quantitative estimate of drug-likeness (QED) is 0.918. The number of aromatic nitrogens is 3. The first-order valence-electron chi connectivity index (χ1n) is 5.53. The maximum Gasteiger partial charge on any atom is 0.169 e. The fourth-order valence-corrected chi connectivity index (χ4v) is 2.05. The minimum atomic E-state index is 0.128. The number of hydrogen-bond donors (Lipinski definition) is 1. The average molecular weight is 299 g/mol. The Hall–Kier alpha value is -1.14. The molecule has 1 atom stereocenters. The molecule has 1 unspecified atom stereocenters. The lowest BCUT2D eigenvalue weighted by Gasteiger charge is -2.13. The standard InChI is InChI=1S/C11H15BrN4O/c1-3-13-9(10-4-5-11(12)17-10)6-8-7-16(2)15-14-8/h4-5,7,9,13H,3,6H2,1-2H3. The lowest BCUT2D eigenvalue weighted by atomic mass is 10.1. The third-order valence-corrected chi connectivity index (χ3v) is 2.88. The largest absolute Gasteiger partial charge is 0.453 e. The van der Waals surface area contributed by atoms with Gasteiger partial charge in [-0.2, -0.15) is 0 Å². The number of rotatable bonds is 5. The third kappa shape index (κ3) is 3.17. The summed E-state index contributed by atoms with van der Waals surface area (Å²) < 4.78 is 8.03. The fraction of sp³-hybridized carbons (Fsp3) is 0.455. The van der Waals surface area contributed by atoms with Gasteiger partial charge in [0, 0.05) is 19.7 Å². The Morgan fingerprint density at radius 2 is 2.35 bits per heavy atom. The van der Waals surface area contributed by atoms with Crippen LogP contribution < -0.4 is 5.32 Å². The van der Waals surface area contributed by atoms with Crippen LogP contribution in [-0.4, -0.2) is 21.5 Å². The maximum atomic E-state index is 5.58. The van der Waals surface area contributed by atoms with Gasteiger partial charge in [0.15, 0.2) is 4.67 Å². The van der Waals surface area contributed by atoms with Gasteiger partial charge in [0.25, 0.3) is 0 Å². The van der Waals surface area contributed by atoms with Crippen LogP contribution in [0.2, 0.25) is 0 Å². The summed E-state index contributed by atoms with van der Waals surface area (Å²) in [5.74, 6) is 0.907. The Morgan fingerprint density at radius 1 is 1.53 bits per heavy atom. The minimum absolute atomic E-state index is 0.128. The van der Waals surface area contributed by atoms with Crippen LogP contribution in [0.3, 0.4) is 0 Å². The molecule has 0 saturated carbocycles. The van der Waals surface area contributed by atoms with Gasteiger partial charge in [-0.1, -0.05) is 12.1 Å². The van der Waals surface area contributed by atoms with Crippen molar-refractivity contribution in [3.8, 4) is 0 Å². The van der Waals surface area contributed by atoms with Gasteiger partial charge < -0.3 is 9.73 Å². The number of aryl methyl sites for hydroxylation is 1. The van der Waals surface area contributed by atoms with Crippen LogP contribution in [0.5, 0.6) is 0 Å². The molecule has 0 spiro atoms. The van der Waals surface area contributed by atoms with Gasteiger partial charge in [0.1, 0.15) is 5.76 Å². The van der Waals surface area contributed by atoms with Gasteiger partial charge in [-0.25, -0.2) is 0 Å². The van der Waals surface area contributed by atoms with Crippen LogP contribution in [0.15, 0.2) is 27.4 Å². The van der Waals surface area contributed by atoms with Gasteiger partial charge in [0.2, 0.25) is 0 Å². The Labute approximate surface area is 108 Å². The van der Waals surface area contributed by atoms with Gasteiger partial charge >= 0.3 is 0 Å². The van der Waals surface area contributed by atoms with Crippen molar-refractivity contribution in [2.45, 2.75) is 19.4 Å². The van der Waals surface area contributed by atoms with Crippen molar-refractivity contribution < 1.29 is 4.42 Å². The number of halogens is 1. The number of furan rings is 1. The Kier molecular flexibility index (Phi) is 3.96. The molecule has 0 aromatic carbocycles. The Balaban J connectivity index is 2.12. The zero-order valence-electron chi connectivity index (χ0n) is 9.85. The fourth-order valence-electron chi connectivity index (χ4n) is 1.73. The second-order valence-corrected chi connectivity index (χ2v) is 4.62. The van der Waals surface area contributed by atoms with Crippen molar-refractivity contribution >= 4 is 15.9 Å². The molecule has 2 rings (SSSR count). The van der Waals surface area contributed by atoms with Crippen LogP contribution in [0, 0.1) is 0 Å². The second-order valence-electron chi connectivity index (χ2n) is 3.84. The van der Waals surface area contributed by atoms with Crippen molar-refractivity contribution in [3.05, 3.63) is 34.5 Å². The highest BCUT2D eigenvalue weighted by Gasteiger charge is 2.16. The summed E-state index contributed by atoms with van der Waals surface area (Å²) in [6.45, 7) is 2.95. The second kappa shape index (κ2) is 5.46. The van der Waals surface area contributed by atoms with E-state index in [1.165, 1.54) is 0 Å². The molecule has 0 aliphatic heterocycles. The molecule has 0 aliphatic carbocycles.